The molecule has 0 aliphatic carbocycles. The van der Waals surface area contributed by atoms with Crippen molar-refractivity contribution in [2.45, 2.75) is 45.4 Å². The van der Waals surface area contributed by atoms with Crippen molar-refractivity contribution in [3.05, 3.63) is 18.0 Å². The molecule has 15 heavy (non-hydrogen) atoms. The molecule has 0 saturated carbocycles. The fourth-order valence-electron chi connectivity index (χ4n) is 1.90. The average molecular weight is 211 g/mol. The first kappa shape index (κ1) is 12.2. The minimum Gasteiger partial charge on any atom is -0.393 e. The first-order chi connectivity index (χ1) is 7.00. The first-order valence-electron chi connectivity index (χ1n) is 5.42. The van der Waals surface area contributed by atoms with Gasteiger partial charge < -0.3 is 10.4 Å². The van der Waals surface area contributed by atoms with Crippen molar-refractivity contribution in [1.29, 1.82) is 0 Å². The number of nitrogens with one attached hydrogen (secondary N) is 1. The minimum atomic E-state index is -0.258. The molecule has 0 amide bonds. The average Bonchev–Trinajstić information content (AvgIpc) is 2.49. The smallest absolute Gasteiger partial charge is 0.0547 e. The lowest BCUT2D eigenvalue weighted by Gasteiger charge is -2.21. The van der Waals surface area contributed by atoms with Crippen LogP contribution >= 0.6 is 0 Å². The molecule has 4 nitrogen and oxygen atoms in total. The maximum absolute atomic E-state index is 9.26. The van der Waals surface area contributed by atoms with E-state index in [4.69, 9.17) is 0 Å². The zero-order chi connectivity index (χ0) is 11.4. The Kier molecular flexibility index (Phi) is 4.29. The lowest BCUT2D eigenvalue weighted by Crippen LogP contribution is -2.32. The summed E-state index contributed by atoms with van der Waals surface area (Å²) in [5.74, 6) is 0. The van der Waals surface area contributed by atoms with Crippen molar-refractivity contribution in [3.8, 4) is 0 Å². The second-order valence-electron chi connectivity index (χ2n) is 4.25. The molecular weight excluding hydrogens is 190 g/mol. The monoisotopic (exact) mass is 211 g/mol. The molecule has 0 saturated heterocycles. The second kappa shape index (κ2) is 5.28. The maximum atomic E-state index is 9.26. The molecule has 3 unspecified atom stereocenters. The van der Waals surface area contributed by atoms with E-state index < -0.39 is 0 Å². The molecule has 1 rings (SSSR count). The number of aliphatic hydroxyl groups excluding tert-OH is 1. The molecule has 0 spiro atoms. The Morgan fingerprint density at radius 3 is 2.60 bits per heavy atom. The van der Waals surface area contributed by atoms with Crippen molar-refractivity contribution < 1.29 is 5.11 Å². The summed E-state index contributed by atoms with van der Waals surface area (Å²) in [6, 6.07) is 2.56. The van der Waals surface area contributed by atoms with E-state index in [1.54, 1.807) is 6.20 Å². The van der Waals surface area contributed by atoms with Crippen molar-refractivity contribution >= 4 is 0 Å². The fourth-order valence-corrected chi connectivity index (χ4v) is 1.90. The number of aryl methyl sites for hydroxylation is 1. The van der Waals surface area contributed by atoms with Crippen LogP contribution in [0.5, 0.6) is 0 Å². The molecule has 1 aromatic heterocycles. The summed E-state index contributed by atoms with van der Waals surface area (Å²) in [5, 5.41) is 16.8. The van der Waals surface area contributed by atoms with Gasteiger partial charge in [0.05, 0.1) is 11.8 Å². The van der Waals surface area contributed by atoms with E-state index in [0.717, 1.165) is 12.1 Å². The molecule has 1 heterocycles. The van der Waals surface area contributed by atoms with E-state index >= 15 is 0 Å². The van der Waals surface area contributed by atoms with Crippen LogP contribution in [0.25, 0.3) is 0 Å². The van der Waals surface area contributed by atoms with Crippen molar-refractivity contribution in [1.82, 2.24) is 15.1 Å². The third-order valence-corrected chi connectivity index (χ3v) is 2.53. The topological polar surface area (TPSA) is 50.1 Å². The SMILES string of the molecule is CC(O)CC(C)NC(C)c1ccnn1C. The summed E-state index contributed by atoms with van der Waals surface area (Å²) in [7, 11) is 1.94. The quantitative estimate of drug-likeness (QED) is 0.770. The van der Waals surface area contributed by atoms with Gasteiger partial charge in [0.15, 0.2) is 0 Å². The van der Waals surface area contributed by atoms with Crippen LogP contribution in [0.15, 0.2) is 12.3 Å². The minimum absolute atomic E-state index is 0.256. The highest BCUT2D eigenvalue weighted by Gasteiger charge is 2.13. The lowest BCUT2D eigenvalue weighted by molar-refractivity contribution is 0.168. The Bertz CT molecular complexity index is 296. The van der Waals surface area contributed by atoms with E-state index in [2.05, 4.69) is 24.3 Å². The van der Waals surface area contributed by atoms with Crippen LogP contribution < -0.4 is 5.32 Å². The van der Waals surface area contributed by atoms with E-state index in [1.807, 2.05) is 24.7 Å². The van der Waals surface area contributed by atoms with Gasteiger partial charge in [-0.3, -0.25) is 4.68 Å². The predicted molar refractivity (Wildman–Crippen MR) is 60.5 cm³/mol. The number of hydrogen-bond donors (Lipinski definition) is 2. The summed E-state index contributed by atoms with van der Waals surface area (Å²) >= 11 is 0. The molecule has 1 aromatic rings. The molecule has 0 fully saturated rings. The summed E-state index contributed by atoms with van der Waals surface area (Å²) in [6.45, 7) is 6.00. The Balaban J connectivity index is 2.49. The highest BCUT2D eigenvalue weighted by Crippen LogP contribution is 2.12. The molecule has 4 heteroatoms. The Morgan fingerprint density at radius 1 is 1.47 bits per heavy atom. The van der Waals surface area contributed by atoms with Crippen LogP contribution in [0.1, 0.15) is 38.9 Å². The van der Waals surface area contributed by atoms with E-state index in [0.29, 0.717) is 6.04 Å². The fraction of sp³-hybridized carbons (Fsp3) is 0.727. The largest absolute Gasteiger partial charge is 0.393 e. The van der Waals surface area contributed by atoms with E-state index in [-0.39, 0.29) is 12.1 Å². The van der Waals surface area contributed by atoms with Gasteiger partial charge in [0, 0.05) is 25.3 Å². The van der Waals surface area contributed by atoms with Gasteiger partial charge in [-0.15, -0.1) is 0 Å². The number of hydrogen-bond acceptors (Lipinski definition) is 3. The Hall–Kier alpha value is -0.870. The molecule has 2 N–H and O–H groups in total. The predicted octanol–water partition coefficient (Wildman–Crippen LogP) is 1.23. The lowest BCUT2D eigenvalue weighted by atomic mass is 10.1. The second-order valence-corrected chi connectivity index (χ2v) is 4.25. The maximum Gasteiger partial charge on any atom is 0.0547 e. The van der Waals surface area contributed by atoms with Crippen LogP contribution in [0.3, 0.4) is 0 Å². The van der Waals surface area contributed by atoms with Crippen molar-refractivity contribution in [3.63, 3.8) is 0 Å². The summed E-state index contributed by atoms with van der Waals surface area (Å²) in [5.41, 5.74) is 1.16. The highest BCUT2D eigenvalue weighted by atomic mass is 16.3. The number of aliphatic hydroxyl groups is 1. The van der Waals surface area contributed by atoms with Crippen LogP contribution in [-0.4, -0.2) is 27.0 Å². The Labute approximate surface area is 91.3 Å². The summed E-state index contributed by atoms with van der Waals surface area (Å²) in [4.78, 5) is 0. The van der Waals surface area contributed by atoms with Gasteiger partial charge in [0.1, 0.15) is 0 Å². The van der Waals surface area contributed by atoms with Crippen LogP contribution in [0, 0.1) is 0 Å². The van der Waals surface area contributed by atoms with Crippen molar-refractivity contribution in [2.75, 3.05) is 0 Å². The third kappa shape index (κ3) is 3.64. The number of aromatic nitrogens is 2. The zero-order valence-corrected chi connectivity index (χ0v) is 9.94. The van der Waals surface area contributed by atoms with Crippen LogP contribution in [0.2, 0.25) is 0 Å². The molecular formula is C11H21N3O. The van der Waals surface area contributed by atoms with Crippen LogP contribution in [-0.2, 0) is 7.05 Å². The van der Waals surface area contributed by atoms with Gasteiger partial charge >= 0.3 is 0 Å². The summed E-state index contributed by atoms with van der Waals surface area (Å²) < 4.78 is 1.87. The van der Waals surface area contributed by atoms with Gasteiger partial charge in [-0.1, -0.05) is 0 Å². The van der Waals surface area contributed by atoms with Gasteiger partial charge in [0.25, 0.3) is 0 Å². The number of nitrogens with zero attached hydrogens (tertiary/aromatic N) is 2. The zero-order valence-electron chi connectivity index (χ0n) is 9.94. The van der Waals surface area contributed by atoms with Crippen molar-refractivity contribution in [2.24, 2.45) is 7.05 Å². The molecule has 0 aliphatic rings. The summed E-state index contributed by atoms with van der Waals surface area (Å²) in [6.07, 6.45) is 2.31. The van der Waals surface area contributed by atoms with E-state index in [9.17, 15) is 5.11 Å². The molecule has 3 atom stereocenters. The number of rotatable bonds is 5. The van der Waals surface area contributed by atoms with Gasteiger partial charge in [0.2, 0.25) is 0 Å². The van der Waals surface area contributed by atoms with Gasteiger partial charge in [-0.2, -0.15) is 5.10 Å². The third-order valence-electron chi connectivity index (χ3n) is 2.53. The molecule has 0 bridgehead atoms. The molecule has 86 valence electrons. The van der Waals surface area contributed by atoms with Gasteiger partial charge in [-0.05, 0) is 33.3 Å². The molecule has 0 radical (unpaired) electrons. The molecule has 0 aromatic carbocycles. The van der Waals surface area contributed by atoms with E-state index in [1.165, 1.54) is 0 Å². The standard InChI is InChI=1S/C11H21N3O/c1-8(7-9(2)15)13-10(3)11-5-6-12-14(11)4/h5-6,8-10,13,15H,7H2,1-4H3. The molecule has 0 aliphatic heterocycles. The van der Waals surface area contributed by atoms with Gasteiger partial charge in [-0.25, -0.2) is 0 Å². The highest BCUT2D eigenvalue weighted by molar-refractivity contribution is 5.05. The Morgan fingerprint density at radius 2 is 2.13 bits per heavy atom. The first-order valence-corrected chi connectivity index (χ1v) is 5.42. The normalized spacial score (nSPS) is 17.4. The van der Waals surface area contributed by atoms with Crippen LogP contribution in [0.4, 0.5) is 0 Å².